The minimum Gasteiger partial charge on any atom is -0.507 e. The molecule has 0 radical (unpaired) electrons. The molecule has 0 spiro atoms. The van der Waals surface area contributed by atoms with Crippen molar-refractivity contribution in [3.8, 4) is 17.1 Å². The van der Waals surface area contributed by atoms with Crippen LogP contribution in [0.1, 0.15) is 5.69 Å². The van der Waals surface area contributed by atoms with E-state index in [-0.39, 0.29) is 5.75 Å². The van der Waals surface area contributed by atoms with Crippen LogP contribution in [-0.4, -0.2) is 98.8 Å². The molecule has 170 valence electrons. The Bertz CT molecular complexity index is 1090. The molecule has 3 aromatic rings. The summed E-state index contributed by atoms with van der Waals surface area (Å²) in [5, 5.41) is 10.6. The highest BCUT2D eigenvalue weighted by molar-refractivity contribution is 7.99. The molecule has 2 fully saturated rings. The van der Waals surface area contributed by atoms with E-state index in [2.05, 4.69) is 26.3 Å². The van der Waals surface area contributed by atoms with Gasteiger partial charge in [-0.3, -0.25) is 4.90 Å². The van der Waals surface area contributed by atoms with Crippen molar-refractivity contribution in [3.63, 3.8) is 0 Å². The Hall–Kier alpha value is -2.36. The van der Waals surface area contributed by atoms with Gasteiger partial charge in [0.1, 0.15) is 17.1 Å². The van der Waals surface area contributed by atoms with Gasteiger partial charge >= 0.3 is 0 Å². The van der Waals surface area contributed by atoms with Gasteiger partial charge in [0.2, 0.25) is 5.95 Å². The lowest BCUT2D eigenvalue weighted by Gasteiger charge is -2.32. The Morgan fingerprint density at radius 3 is 2.44 bits per heavy atom. The molecule has 0 atom stereocenters. The molecule has 8 nitrogen and oxygen atoms in total. The topological polar surface area (TPSA) is 73.5 Å². The molecule has 4 heterocycles. The van der Waals surface area contributed by atoms with Crippen LogP contribution < -0.4 is 4.90 Å². The fraction of sp³-hybridized carbons (Fsp3) is 0.522. The fourth-order valence-electron chi connectivity index (χ4n) is 4.42. The van der Waals surface area contributed by atoms with Gasteiger partial charge < -0.3 is 19.5 Å². The molecule has 32 heavy (non-hydrogen) atoms. The van der Waals surface area contributed by atoms with E-state index in [9.17, 15) is 5.11 Å². The van der Waals surface area contributed by atoms with Crippen molar-refractivity contribution in [1.29, 1.82) is 0 Å². The van der Waals surface area contributed by atoms with Crippen LogP contribution in [0.2, 0.25) is 0 Å². The maximum Gasteiger partial charge on any atom is 0.227 e. The number of hydrogen-bond donors (Lipinski definition) is 1. The van der Waals surface area contributed by atoms with E-state index in [1.807, 2.05) is 36.9 Å². The Morgan fingerprint density at radius 1 is 0.938 bits per heavy atom. The lowest BCUT2D eigenvalue weighted by molar-refractivity contribution is 0.150. The van der Waals surface area contributed by atoms with Gasteiger partial charge in [0.15, 0.2) is 5.65 Å². The standard InChI is InChI=1S/C23H31N7OS/c1-17-20-22(26-23(24-17)29-13-15-32-16-14-29)30(12-11-28-9-7-27(2)8-10-28)21(25-20)18-5-3-4-6-19(18)31/h3-6,31H,7-16H2,1-2H3. The van der Waals surface area contributed by atoms with Crippen LogP contribution in [0.5, 0.6) is 5.75 Å². The smallest absolute Gasteiger partial charge is 0.227 e. The zero-order chi connectivity index (χ0) is 22.1. The van der Waals surface area contributed by atoms with Crippen LogP contribution in [0.4, 0.5) is 5.95 Å². The monoisotopic (exact) mass is 453 g/mol. The molecule has 1 N–H and O–H groups in total. The van der Waals surface area contributed by atoms with Crippen LogP contribution >= 0.6 is 11.8 Å². The van der Waals surface area contributed by atoms with Crippen molar-refractivity contribution in [2.45, 2.75) is 13.5 Å². The van der Waals surface area contributed by atoms with Crippen LogP contribution in [0, 0.1) is 6.92 Å². The number of hydrogen-bond acceptors (Lipinski definition) is 8. The Morgan fingerprint density at radius 2 is 1.69 bits per heavy atom. The van der Waals surface area contributed by atoms with E-state index in [1.54, 1.807) is 6.07 Å². The quantitative estimate of drug-likeness (QED) is 0.631. The highest BCUT2D eigenvalue weighted by atomic mass is 32.2. The minimum absolute atomic E-state index is 0.238. The number of nitrogens with zero attached hydrogens (tertiary/aromatic N) is 7. The second-order valence-electron chi connectivity index (χ2n) is 8.63. The van der Waals surface area contributed by atoms with Crippen molar-refractivity contribution < 1.29 is 5.11 Å². The number of likely N-dealkylation sites (N-methyl/N-ethyl adjacent to an activating group) is 1. The van der Waals surface area contributed by atoms with Crippen LogP contribution in [0.3, 0.4) is 0 Å². The van der Waals surface area contributed by atoms with Crippen molar-refractivity contribution >= 4 is 28.9 Å². The number of fused-ring (bicyclic) bond motifs is 1. The first-order valence-electron chi connectivity index (χ1n) is 11.4. The predicted molar refractivity (Wildman–Crippen MR) is 131 cm³/mol. The summed E-state index contributed by atoms with van der Waals surface area (Å²) in [7, 11) is 2.18. The van der Waals surface area contributed by atoms with Gasteiger partial charge in [-0.2, -0.15) is 16.7 Å². The molecule has 0 bridgehead atoms. The van der Waals surface area contributed by atoms with Crippen LogP contribution in [0.15, 0.2) is 24.3 Å². The number of phenolic OH excluding ortho intramolecular Hbond substituents is 1. The van der Waals surface area contributed by atoms with E-state index in [4.69, 9.17) is 15.0 Å². The van der Waals surface area contributed by atoms with Crippen molar-refractivity contribution in [2.24, 2.45) is 0 Å². The van der Waals surface area contributed by atoms with Gasteiger partial charge in [0.25, 0.3) is 0 Å². The molecule has 0 unspecified atom stereocenters. The van der Waals surface area contributed by atoms with Gasteiger partial charge in [-0.05, 0) is 26.1 Å². The molecule has 2 aromatic heterocycles. The normalized spacial score (nSPS) is 18.5. The summed E-state index contributed by atoms with van der Waals surface area (Å²) in [4.78, 5) is 21.9. The first-order valence-corrected chi connectivity index (χ1v) is 12.5. The average Bonchev–Trinajstić information content (AvgIpc) is 3.18. The van der Waals surface area contributed by atoms with E-state index in [0.29, 0.717) is 0 Å². The maximum atomic E-state index is 10.6. The number of thioether (sulfide) groups is 1. The zero-order valence-corrected chi connectivity index (χ0v) is 19.7. The summed E-state index contributed by atoms with van der Waals surface area (Å²) in [5.41, 5.74) is 3.30. The fourth-order valence-corrected chi connectivity index (χ4v) is 5.32. The molecule has 0 amide bonds. The number of rotatable bonds is 5. The first kappa shape index (κ1) is 21.5. The van der Waals surface area contributed by atoms with Crippen molar-refractivity contribution in [1.82, 2.24) is 29.3 Å². The Balaban J connectivity index is 1.55. The maximum absolute atomic E-state index is 10.6. The number of aromatic hydroxyl groups is 1. The molecule has 2 saturated heterocycles. The molecule has 2 aliphatic heterocycles. The minimum atomic E-state index is 0.238. The second kappa shape index (κ2) is 9.25. The van der Waals surface area contributed by atoms with Gasteiger partial charge in [-0.25, -0.2) is 9.97 Å². The third kappa shape index (κ3) is 4.29. The van der Waals surface area contributed by atoms with Crippen molar-refractivity contribution in [2.75, 3.05) is 69.3 Å². The summed E-state index contributed by atoms with van der Waals surface area (Å²) in [6, 6.07) is 7.42. The Labute approximate surface area is 193 Å². The third-order valence-corrected chi connectivity index (χ3v) is 7.37. The zero-order valence-electron chi connectivity index (χ0n) is 18.9. The summed E-state index contributed by atoms with van der Waals surface area (Å²) < 4.78 is 2.18. The summed E-state index contributed by atoms with van der Waals surface area (Å²) in [6.07, 6.45) is 0. The average molecular weight is 454 g/mol. The van der Waals surface area contributed by atoms with Gasteiger partial charge in [-0.15, -0.1) is 0 Å². The number of piperazine rings is 1. The van der Waals surface area contributed by atoms with E-state index < -0.39 is 0 Å². The van der Waals surface area contributed by atoms with Gasteiger partial charge in [0, 0.05) is 63.9 Å². The second-order valence-corrected chi connectivity index (χ2v) is 9.85. The van der Waals surface area contributed by atoms with Gasteiger partial charge in [0.05, 0.1) is 11.3 Å². The van der Waals surface area contributed by atoms with E-state index >= 15 is 0 Å². The number of anilines is 1. The largest absolute Gasteiger partial charge is 0.507 e. The molecular weight excluding hydrogens is 422 g/mol. The summed E-state index contributed by atoms with van der Waals surface area (Å²) in [6.45, 7) is 9.98. The number of aromatic nitrogens is 4. The molecule has 1 aromatic carbocycles. The number of aryl methyl sites for hydroxylation is 1. The molecule has 2 aliphatic rings. The molecule has 0 aliphatic carbocycles. The molecule has 5 rings (SSSR count). The lowest BCUT2D eigenvalue weighted by atomic mass is 10.2. The third-order valence-electron chi connectivity index (χ3n) is 6.43. The summed E-state index contributed by atoms with van der Waals surface area (Å²) in [5.74, 6) is 4.00. The number of para-hydroxylation sites is 1. The summed E-state index contributed by atoms with van der Waals surface area (Å²) >= 11 is 1.98. The molecule has 0 saturated carbocycles. The van der Waals surface area contributed by atoms with E-state index in [1.165, 1.54) is 0 Å². The molecule has 9 heteroatoms. The number of benzene rings is 1. The Kier molecular flexibility index (Phi) is 6.21. The highest BCUT2D eigenvalue weighted by Crippen LogP contribution is 2.32. The van der Waals surface area contributed by atoms with Crippen LogP contribution in [-0.2, 0) is 6.54 Å². The molecular formula is C23H31N7OS. The van der Waals surface area contributed by atoms with Crippen LogP contribution in [0.25, 0.3) is 22.6 Å². The van der Waals surface area contributed by atoms with E-state index in [0.717, 1.165) is 98.1 Å². The first-order chi connectivity index (χ1) is 15.6. The number of phenols is 1. The predicted octanol–water partition coefficient (Wildman–Crippen LogP) is 2.31. The lowest BCUT2D eigenvalue weighted by Crippen LogP contribution is -2.45. The van der Waals surface area contributed by atoms with Crippen molar-refractivity contribution in [3.05, 3.63) is 30.0 Å². The SMILES string of the molecule is Cc1nc(N2CCSCC2)nc2c1nc(-c1ccccc1O)n2CCN1CCN(C)CC1. The van der Waals surface area contributed by atoms with Gasteiger partial charge in [-0.1, -0.05) is 12.1 Å². The highest BCUT2D eigenvalue weighted by Gasteiger charge is 2.23. The number of imidazole rings is 1.